The summed E-state index contributed by atoms with van der Waals surface area (Å²) in [6.07, 6.45) is 0.925. The van der Waals surface area contributed by atoms with E-state index in [9.17, 15) is 4.79 Å². The van der Waals surface area contributed by atoms with E-state index in [4.69, 9.17) is 0 Å². The molecule has 14 heavy (non-hydrogen) atoms. The maximum absolute atomic E-state index is 10.7. The Hall–Kier alpha value is -1.11. The average molecular weight is 190 g/mol. The standard InChI is InChI=1S/C13H18O/c1-9-10(2)12(13(3,4)5)7-6-11(9)8-14/h6-8H,1-5H3. The molecule has 0 saturated carbocycles. The Morgan fingerprint density at radius 1 is 1.07 bits per heavy atom. The van der Waals surface area contributed by atoms with Gasteiger partial charge in [0.2, 0.25) is 0 Å². The zero-order chi connectivity index (χ0) is 10.9. The Kier molecular flexibility index (Phi) is 2.79. The summed E-state index contributed by atoms with van der Waals surface area (Å²) >= 11 is 0. The van der Waals surface area contributed by atoms with Crippen molar-refractivity contribution in [2.45, 2.75) is 40.0 Å². The normalized spacial score (nSPS) is 11.5. The van der Waals surface area contributed by atoms with Crippen molar-refractivity contribution in [1.82, 2.24) is 0 Å². The molecule has 1 nitrogen and oxygen atoms in total. The zero-order valence-electron chi connectivity index (χ0n) is 9.64. The minimum absolute atomic E-state index is 0.149. The fourth-order valence-corrected chi connectivity index (χ4v) is 1.78. The molecule has 76 valence electrons. The molecule has 0 saturated heterocycles. The lowest BCUT2D eigenvalue weighted by Gasteiger charge is -2.23. The van der Waals surface area contributed by atoms with Crippen LogP contribution in [0.3, 0.4) is 0 Å². The third kappa shape index (κ3) is 1.87. The molecule has 0 radical (unpaired) electrons. The van der Waals surface area contributed by atoms with Crippen LogP contribution in [0.25, 0.3) is 0 Å². The van der Waals surface area contributed by atoms with E-state index in [0.29, 0.717) is 0 Å². The van der Waals surface area contributed by atoms with Gasteiger partial charge in [-0.2, -0.15) is 0 Å². The first-order valence-electron chi connectivity index (χ1n) is 4.94. The Morgan fingerprint density at radius 2 is 1.64 bits per heavy atom. The van der Waals surface area contributed by atoms with E-state index >= 15 is 0 Å². The monoisotopic (exact) mass is 190 g/mol. The molecule has 0 N–H and O–H groups in total. The highest BCUT2D eigenvalue weighted by molar-refractivity contribution is 5.78. The number of hydrogen-bond donors (Lipinski definition) is 0. The predicted molar refractivity (Wildman–Crippen MR) is 60.0 cm³/mol. The van der Waals surface area contributed by atoms with Crippen LogP contribution in [0.5, 0.6) is 0 Å². The first-order valence-corrected chi connectivity index (χ1v) is 4.94. The SMILES string of the molecule is Cc1c(C=O)ccc(C(C)(C)C)c1C. The Labute approximate surface area is 86.1 Å². The number of benzene rings is 1. The molecule has 0 aromatic heterocycles. The summed E-state index contributed by atoms with van der Waals surface area (Å²) in [5.74, 6) is 0. The molecule has 1 heteroatoms. The van der Waals surface area contributed by atoms with Crippen molar-refractivity contribution in [2.75, 3.05) is 0 Å². The summed E-state index contributed by atoms with van der Waals surface area (Å²) in [5.41, 5.74) is 4.61. The second-order valence-electron chi connectivity index (χ2n) is 4.82. The van der Waals surface area contributed by atoms with Gasteiger partial charge in [0.25, 0.3) is 0 Å². The van der Waals surface area contributed by atoms with E-state index in [1.54, 1.807) is 0 Å². The van der Waals surface area contributed by atoms with Crippen molar-refractivity contribution in [1.29, 1.82) is 0 Å². The molecular weight excluding hydrogens is 172 g/mol. The third-order valence-electron chi connectivity index (χ3n) is 2.76. The van der Waals surface area contributed by atoms with Gasteiger partial charge in [-0.15, -0.1) is 0 Å². The van der Waals surface area contributed by atoms with Crippen LogP contribution in [0, 0.1) is 13.8 Å². The molecule has 1 aromatic rings. The second-order valence-corrected chi connectivity index (χ2v) is 4.82. The summed E-state index contributed by atoms with van der Waals surface area (Å²) in [6.45, 7) is 10.7. The van der Waals surface area contributed by atoms with Crippen molar-refractivity contribution in [3.63, 3.8) is 0 Å². The molecule has 0 bridgehead atoms. The zero-order valence-corrected chi connectivity index (χ0v) is 9.64. The van der Waals surface area contributed by atoms with Crippen molar-refractivity contribution in [3.8, 4) is 0 Å². The molecule has 0 unspecified atom stereocenters. The van der Waals surface area contributed by atoms with Gasteiger partial charge in [-0.1, -0.05) is 32.9 Å². The number of carbonyl (C=O) groups is 1. The lowest BCUT2D eigenvalue weighted by Crippen LogP contribution is -2.14. The van der Waals surface area contributed by atoms with Gasteiger partial charge in [0, 0.05) is 5.56 Å². The predicted octanol–water partition coefficient (Wildman–Crippen LogP) is 3.41. The molecule has 0 amide bonds. The quantitative estimate of drug-likeness (QED) is 0.620. The molecule has 0 fully saturated rings. The Bertz CT molecular complexity index is 356. The topological polar surface area (TPSA) is 17.1 Å². The van der Waals surface area contributed by atoms with E-state index in [0.717, 1.165) is 17.4 Å². The molecule has 0 atom stereocenters. The van der Waals surface area contributed by atoms with Gasteiger partial charge in [0.05, 0.1) is 0 Å². The summed E-state index contributed by atoms with van der Waals surface area (Å²) < 4.78 is 0. The summed E-state index contributed by atoms with van der Waals surface area (Å²) in [6, 6.07) is 3.97. The lowest BCUT2D eigenvalue weighted by molar-refractivity contribution is 0.112. The third-order valence-corrected chi connectivity index (χ3v) is 2.76. The van der Waals surface area contributed by atoms with Crippen molar-refractivity contribution in [3.05, 3.63) is 34.4 Å². The van der Waals surface area contributed by atoms with Crippen LogP contribution in [0.2, 0.25) is 0 Å². The van der Waals surface area contributed by atoms with E-state index in [2.05, 4.69) is 33.8 Å². The van der Waals surface area contributed by atoms with Gasteiger partial charge >= 0.3 is 0 Å². The van der Waals surface area contributed by atoms with Crippen molar-refractivity contribution in [2.24, 2.45) is 0 Å². The van der Waals surface area contributed by atoms with Crippen LogP contribution in [-0.2, 0) is 5.41 Å². The van der Waals surface area contributed by atoms with Gasteiger partial charge in [-0.05, 0) is 36.0 Å². The van der Waals surface area contributed by atoms with Gasteiger partial charge in [0.15, 0.2) is 0 Å². The molecular formula is C13H18O. The van der Waals surface area contributed by atoms with Crippen LogP contribution in [-0.4, -0.2) is 6.29 Å². The average Bonchev–Trinajstić information content (AvgIpc) is 2.07. The summed E-state index contributed by atoms with van der Waals surface area (Å²) in [7, 11) is 0. The minimum atomic E-state index is 0.149. The highest BCUT2D eigenvalue weighted by atomic mass is 16.1. The van der Waals surface area contributed by atoms with Crippen molar-refractivity contribution >= 4 is 6.29 Å². The fourth-order valence-electron chi connectivity index (χ4n) is 1.78. The number of hydrogen-bond acceptors (Lipinski definition) is 1. The summed E-state index contributed by atoms with van der Waals surface area (Å²) in [5, 5.41) is 0. The second kappa shape index (κ2) is 3.56. The van der Waals surface area contributed by atoms with Gasteiger partial charge < -0.3 is 0 Å². The van der Waals surface area contributed by atoms with E-state index in [-0.39, 0.29) is 5.41 Å². The highest BCUT2D eigenvalue weighted by Gasteiger charge is 2.17. The smallest absolute Gasteiger partial charge is 0.150 e. The van der Waals surface area contributed by atoms with Crippen LogP contribution < -0.4 is 0 Å². The molecule has 0 spiro atoms. The van der Waals surface area contributed by atoms with E-state index < -0.39 is 0 Å². The maximum atomic E-state index is 10.7. The fraction of sp³-hybridized carbons (Fsp3) is 0.462. The van der Waals surface area contributed by atoms with Gasteiger partial charge in [0.1, 0.15) is 6.29 Å². The number of rotatable bonds is 1. The van der Waals surface area contributed by atoms with E-state index in [1.165, 1.54) is 11.1 Å². The van der Waals surface area contributed by atoms with E-state index in [1.807, 2.05) is 13.0 Å². The van der Waals surface area contributed by atoms with Gasteiger partial charge in [-0.25, -0.2) is 0 Å². The molecule has 0 aliphatic rings. The maximum Gasteiger partial charge on any atom is 0.150 e. The van der Waals surface area contributed by atoms with Crippen LogP contribution in [0.1, 0.15) is 47.8 Å². The molecule has 1 aromatic carbocycles. The van der Waals surface area contributed by atoms with Crippen LogP contribution in [0.15, 0.2) is 12.1 Å². The molecule has 1 rings (SSSR count). The van der Waals surface area contributed by atoms with Crippen LogP contribution in [0.4, 0.5) is 0 Å². The number of carbonyl (C=O) groups excluding carboxylic acids is 1. The van der Waals surface area contributed by atoms with Crippen LogP contribution >= 0.6 is 0 Å². The van der Waals surface area contributed by atoms with Crippen molar-refractivity contribution < 1.29 is 4.79 Å². The Morgan fingerprint density at radius 3 is 2.07 bits per heavy atom. The van der Waals surface area contributed by atoms with Gasteiger partial charge in [-0.3, -0.25) is 4.79 Å². The largest absolute Gasteiger partial charge is 0.298 e. The molecule has 0 heterocycles. The Balaban J connectivity index is 3.38. The minimum Gasteiger partial charge on any atom is -0.298 e. The summed E-state index contributed by atoms with van der Waals surface area (Å²) in [4.78, 5) is 10.7. The lowest BCUT2D eigenvalue weighted by atomic mass is 9.82. The number of aldehydes is 1. The molecule has 0 aliphatic heterocycles. The highest BCUT2D eigenvalue weighted by Crippen LogP contribution is 2.28. The first kappa shape index (κ1) is 11.0. The first-order chi connectivity index (χ1) is 6.38. The molecule has 0 aliphatic carbocycles.